The van der Waals surface area contributed by atoms with Crippen molar-refractivity contribution in [3.05, 3.63) is 22.5 Å². The van der Waals surface area contributed by atoms with Crippen LogP contribution in [0.5, 0.6) is 0 Å². The number of hydrogen-bond donors (Lipinski definition) is 3. The van der Waals surface area contributed by atoms with Gasteiger partial charge in [0.1, 0.15) is 5.69 Å². The number of hydrogen-bond acceptors (Lipinski definition) is 3. The van der Waals surface area contributed by atoms with E-state index >= 15 is 0 Å². The van der Waals surface area contributed by atoms with E-state index in [-0.39, 0.29) is 18.2 Å². The third kappa shape index (κ3) is 2.98. The van der Waals surface area contributed by atoms with E-state index in [0.717, 1.165) is 5.56 Å². The molecule has 0 spiro atoms. The molecule has 1 rings (SSSR count). The molecule has 100 valence electrons. The second-order valence-electron chi connectivity index (χ2n) is 4.45. The lowest BCUT2D eigenvalue weighted by molar-refractivity contribution is 0.0918. The van der Waals surface area contributed by atoms with Gasteiger partial charge in [0.2, 0.25) is 0 Å². The highest BCUT2D eigenvalue weighted by molar-refractivity contribution is 6.02. The zero-order chi connectivity index (χ0) is 13.9. The van der Waals surface area contributed by atoms with Crippen LogP contribution in [-0.4, -0.2) is 34.4 Å². The van der Waals surface area contributed by atoms with E-state index in [1.54, 1.807) is 13.8 Å². The molecular formula is C13H20N2O3. The van der Waals surface area contributed by atoms with Crippen molar-refractivity contribution in [2.24, 2.45) is 0 Å². The smallest absolute Gasteiger partial charge is 0.268 e. The summed E-state index contributed by atoms with van der Waals surface area (Å²) >= 11 is 0. The summed E-state index contributed by atoms with van der Waals surface area (Å²) < 4.78 is 0. The standard InChI is InChI=1S/C13H20N2O3/c1-5-10-11(9(4)17)8(3)15-12(10)13(18)14-6-7(2)16/h7,15-16H,5-6H2,1-4H3,(H,14,18)/t7-/m1/s1. The molecule has 0 saturated heterocycles. The van der Waals surface area contributed by atoms with E-state index in [1.807, 2.05) is 6.92 Å². The fourth-order valence-corrected chi connectivity index (χ4v) is 2.03. The SMILES string of the molecule is CCc1c(C(=O)NC[C@@H](C)O)[nH]c(C)c1C(C)=O. The molecule has 0 aromatic carbocycles. The van der Waals surface area contributed by atoms with Crippen molar-refractivity contribution in [3.8, 4) is 0 Å². The highest BCUT2D eigenvalue weighted by Crippen LogP contribution is 2.20. The first-order valence-corrected chi connectivity index (χ1v) is 6.07. The molecule has 1 aromatic rings. The van der Waals surface area contributed by atoms with Crippen LogP contribution in [0.25, 0.3) is 0 Å². The molecule has 0 aliphatic carbocycles. The number of aryl methyl sites for hydroxylation is 1. The Morgan fingerprint density at radius 3 is 2.50 bits per heavy atom. The summed E-state index contributed by atoms with van der Waals surface area (Å²) in [6.07, 6.45) is 0.0128. The van der Waals surface area contributed by atoms with Crippen LogP contribution < -0.4 is 5.32 Å². The molecule has 0 fully saturated rings. The van der Waals surface area contributed by atoms with Gasteiger partial charge in [-0.2, -0.15) is 0 Å². The summed E-state index contributed by atoms with van der Waals surface area (Å²) in [5, 5.41) is 11.8. The summed E-state index contributed by atoms with van der Waals surface area (Å²) in [5.74, 6) is -0.335. The number of carbonyl (C=O) groups excluding carboxylic acids is 2. The number of aromatic nitrogens is 1. The Morgan fingerprint density at radius 1 is 1.44 bits per heavy atom. The average Bonchev–Trinajstić information content (AvgIpc) is 2.62. The van der Waals surface area contributed by atoms with Crippen LogP contribution >= 0.6 is 0 Å². The largest absolute Gasteiger partial charge is 0.392 e. The van der Waals surface area contributed by atoms with Crippen LogP contribution in [0.15, 0.2) is 0 Å². The average molecular weight is 252 g/mol. The van der Waals surface area contributed by atoms with Gasteiger partial charge in [-0.15, -0.1) is 0 Å². The molecule has 1 amide bonds. The first kappa shape index (κ1) is 14.4. The number of aliphatic hydroxyl groups excluding tert-OH is 1. The fourth-order valence-electron chi connectivity index (χ4n) is 2.03. The Balaban J connectivity index is 3.06. The number of aliphatic hydroxyl groups is 1. The quantitative estimate of drug-likeness (QED) is 0.689. The minimum Gasteiger partial charge on any atom is -0.392 e. The third-order valence-electron chi connectivity index (χ3n) is 2.78. The van der Waals surface area contributed by atoms with Crippen molar-refractivity contribution < 1.29 is 14.7 Å². The topological polar surface area (TPSA) is 82.2 Å². The first-order chi connectivity index (χ1) is 8.38. The van der Waals surface area contributed by atoms with Crippen molar-refractivity contribution >= 4 is 11.7 Å². The van der Waals surface area contributed by atoms with E-state index in [4.69, 9.17) is 5.11 Å². The van der Waals surface area contributed by atoms with Gasteiger partial charge in [-0.25, -0.2) is 0 Å². The number of ketones is 1. The van der Waals surface area contributed by atoms with Crippen LogP contribution in [0, 0.1) is 6.92 Å². The maximum Gasteiger partial charge on any atom is 0.268 e. The fraction of sp³-hybridized carbons (Fsp3) is 0.538. The molecule has 1 atom stereocenters. The number of aromatic amines is 1. The molecular weight excluding hydrogens is 232 g/mol. The minimum atomic E-state index is -0.595. The summed E-state index contributed by atoms with van der Waals surface area (Å²) in [6.45, 7) is 6.96. The van der Waals surface area contributed by atoms with Crippen molar-refractivity contribution in [1.29, 1.82) is 0 Å². The summed E-state index contributed by atoms with van der Waals surface area (Å²) in [5.41, 5.74) is 2.46. The predicted molar refractivity (Wildman–Crippen MR) is 68.9 cm³/mol. The normalized spacial score (nSPS) is 12.3. The van der Waals surface area contributed by atoms with E-state index in [2.05, 4.69) is 10.3 Å². The molecule has 0 bridgehead atoms. The molecule has 1 aromatic heterocycles. The number of amides is 1. The predicted octanol–water partition coefficient (Wildman–Crippen LogP) is 1.20. The molecule has 0 unspecified atom stereocenters. The van der Waals surface area contributed by atoms with E-state index in [1.165, 1.54) is 6.92 Å². The van der Waals surface area contributed by atoms with Gasteiger partial charge in [-0.05, 0) is 32.8 Å². The van der Waals surface area contributed by atoms with Crippen LogP contribution in [0.1, 0.15) is 52.9 Å². The van der Waals surface area contributed by atoms with E-state index < -0.39 is 6.10 Å². The Labute approximate surface area is 107 Å². The lowest BCUT2D eigenvalue weighted by Gasteiger charge is -2.07. The zero-order valence-electron chi connectivity index (χ0n) is 11.3. The molecule has 0 radical (unpaired) electrons. The van der Waals surface area contributed by atoms with Crippen LogP contribution in [0.2, 0.25) is 0 Å². The zero-order valence-corrected chi connectivity index (χ0v) is 11.3. The van der Waals surface area contributed by atoms with Gasteiger partial charge in [-0.3, -0.25) is 9.59 Å². The van der Waals surface area contributed by atoms with Gasteiger partial charge < -0.3 is 15.4 Å². The molecule has 3 N–H and O–H groups in total. The lowest BCUT2D eigenvalue weighted by atomic mass is 10.0. The van der Waals surface area contributed by atoms with Gasteiger partial charge in [0.15, 0.2) is 5.78 Å². The van der Waals surface area contributed by atoms with Crippen molar-refractivity contribution in [2.45, 2.75) is 40.2 Å². The monoisotopic (exact) mass is 252 g/mol. The maximum atomic E-state index is 12.0. The Hall–Kier alpha value is -1.62. The van der Waals surface area contributed by atoms with E-state index in [9.17, 15) is 9.59 Å². The molecule has 0 saturated carbocycles. The number of H-pyrrole nitrogens is 1. The number of Topliss-reactive ketones (excluding diaryl/α,β-unsaturated/α-hetero) is 1. The maximum absolute atomic E-state index is 12.0. The second-order valence-corrected chi connectivity index (χ2v) is 4.45. The lowest BCUT2D eigenvalue weighted by Crippen LogP contribution is -2.31. The summed E-state index contributed by atoms with van der Waals surface area (Å²) in [6, 6.07) is 0. The van der Waals surface area contributed by atoms with Crippen molar-refractivity contribution in [3.63, 3.8) is 0 Å². The number of nitrogens with one attached hydrogen (secondary N) is 2. The van der Waals surface area contributed by atoms with Gasteiger partial charge in [0.25, 0.3) is 5.91 Å². The molecule has 0 aliphatic heterocycles. The Bertz CT molecular complexity index is 461. The summed E-state index contributed by atoms with van der Waals surface area (Å²) in [7, 11) is 0. The van der Waals surface area contributed by atoms with Gasteiger partial charge >= 0.3 is 0 Å². The van der Waals surface area contributed by atoms with Gasteiger partial charge in [0, 0.05) is 17.8 Å². The van der Waals surface area contributed by atoms with E-state index in [0.29, 0.717) is 23.4 Å². The Morgan fingerprint density at radius 2 is 2.06 bits per heavy atom. The highest BCUT2D eigenvalue weighted by atomic mass is 16.3. The van der Waals surface area contributed by atoms with Gasteiger partial charge in [-0.1, -0.05) is 6.92 Å². The highest BCUT2D eigenvalue weighted by Gasteiger charge is 2.21. The number of rotatable bonds is 5. The molecule has 0 aliphatic rings. The second kappa shape index (κ2) is 5.82. The Kier molecular flexibility index (Phi) is 4.67. The van der Waals surface area contributed by atoms with Crippen LogP contribution in [-0.2, 0) is 6.42 Å². The van der Waals surface area contributed by atoms with Crippen molar-refractivity contribution in [2.75, 3.05) is 6.54 Å². The van der Waals surface area contributed by atoms with Gasteiger partial charge in [0.05, 0.1) is 6.10 Å². The number of carbonyl (C=O) groups is 2. The molecule has 5 nitrogen and oxygen atoms in total. The molecule has 1 heterocycles. The minimum absolute atomic E-state index is 0.0461. The third-order valence-corrected chi connectivity index (χ3v) is 2.78. The van der Waals surface area contributed by atoms with Crippen LogP contribution in [0.4, 0.5) is 0 Å². The molecule has 18 heavy (non-hydrogen) atoms. The van der Waals surface area contributed by atoms with Crippen LogP contribution in [0.3, 0.4) is 0 Å². The van der Waals surface area contributed by atoms with Crippen molar-refractivity contribution in [1.82, 2.24) is 10.3 Å². The molecule has 5 heteroatoms. The summed E-state index contributed by atoms with van der Waals surface area (Å²) in [4.78, 5) is 26.5. The first-order valence-electron chi connectivity index (χ1n) is 6.07.